The first kappa shape index (κ1) is 14.9. The molecule has 0 saturated carbocycles. The Balaban J connectivity index is 1.91. The lowest BCUT2D eigenvalue weighted by Crippen LogP contribution is -2.59. The van der Waals surface area contributed by atoms with E-state index in [1.165, 1.54) is 4.80 Å². The molecule has 1 fully saturated rings. The second-order valence-corrected chi connectivity index (χ2v) is 6.19. The van der Waals surface area contributed by atoms with Crippen molar-refractivity contribution in [1.82, 2.24) is 30.4 Å². The molecule has 8 heteroatoms. The molecule has 116 valence electrons. The summed E-state index contributed by atoms with van der Waals surface area (Å²) in [6.45, 7) is 5.32. The van der Waals surface area contributed by atoms with E-state index >= 15 is 0 Å². The lowest BCUT2D eigenvalue weighted by Gasteiger charge is -2.45. The molecule has 1 saturated heterocycles. The van der Waals surface area contributed by atoms with Crippen molar-refractivity contribution in [1.29, 1.82) is 0 Å². The minimum Gasteiger partial charge on any atom is -0.337 e. The van der Waals surface area contributed by atoms with Crippen LogP contribution in [0.4, 0.5) is 0 Å². The fourth-order valence-corrected chi connectivity index (χ4v) is 2.86. The van der Waals surface area contributed by atoms with Crippen LogP contribution in [-0.4, -0.2) is 50.1 Å². The molecule has 7 nitrogen and oxygen atoms in total. The van der Waals surface area contributed by atoms with Crippen molar-refractivity contribution < 1.29 is 4.79 Å². The molecule has 0 aliphatic carbocycles. The molecule has 3 rings (SSSR count). The van der Waals surface area contributed by atoms with Gasteiger partial charge in [0.25, 0.3) is 0 Å². The van der Waals surface area contributed by atoms with Crippen molar-refractivity contribution in [3.05, 3.63) is 35.1 Å². The number of hydrogen-bond acceptors (Lipinski definition) is 5. The molecular weight excluding hydrogens is 304 g/mol. The molecule has 1 unspecified atom stereocenters. The largest absolute Gasteiger partial charge is 0.337 e. The molecule has 1 aliphatic rings. The summed E-state index contributed by atoms with van der Waals surface area (Å²) < 4.78 is 0. The monoisotopic (exact) mass is 320 g/mol. The van der Waals surface area contributed by atoms with Crippen molar-refractivity contribution >= 4 is 18.0 Å². The fourth-order valence-electron chi connectivity index (χ4n) is 2.68. The SMILES string of the molecule is CC1(C)C(c2nnn(-c3cccc(Cl)c3)n2)NCCN1C=O. The number of nitrogens with zero attached hydrogens (tertiary/aromatic N) is 5. The third kappa shape index (κ3) is 2.57. The number of piperazine rings is 1. The van der Waals surface area contributed by atoms with Crippen LogP contribution in [0.25, 0.3) is 5.69 Å². The Hall–Kier alpha value is -1.99. The Morgan fingerprint density at radius 1 is 1.45 bits per heavy atom. The Morgan fingerprint density at radius 2 is 2.27 bits per heavy atom. The van der Waals surface area contributed by atoms with E-state index in [9.17, 15) is 4.79 Å². The maximum atomic E-state index is 11.2. The van der Waals surface area contributed by atoms with Crippen LogP contribution in [0.5, 0.6) is 0 Å². The highest BCUT2D eigenvalue weighted by Crippen LogP contribution is 2.30. The van der Waals surface area contributed by atoms with Crippen molar-refractivity contribution in [2.45, 2.75) is 25.4 Å². The van der Waals surface area contributed by atoms with Gasteiger partial charge in [-0.2, -0.15) is 0 Å². The van der Waals surface area contributed by atoms with E-state index in [4.69, 9.17) is 11.6 Å². The van der Waals surface area contributed by atoms with E-state index in [0.717, 1.165) is 12.1 Å². The van der Waals surface area contributed by atoms with Gasteiger partial charge in [-0.15, -0.1) is 15.0 Å². The first-order chi connectivity index (χ1) is 10.5. The molecule has 22 heavy (non-hydrogen) atoms. The number of rotatable bonds is 3. The van der Waals surface area contributed by atoms with Crippen LogP contribution in [0.3, 0.4) is 0 Å². The summed E-state index contributed by atoms with van der Waals surface area (Å²) in [5, 5.41) is 16.6. The highest BCUT2D eigenvalue weighted by molar-refractivity contribution is 6.30. The smallest absolute Gasteiger partial charge is 0.210 e. The Labute approximate surface area is 133 Å². The highest BCUT2D eigenvalue weighted by atomic mass is 35.5. The molecular formula is C14H17ClN6O. The van der Waals surface area contributed by atoms with Crippen LogP contribution in [0, 0.1) is 0 Å². The predicted octanol–water partition coefficient (Wildman–Crippen LogP) is 1.20. The van der Waals surface area contributed by atoms with E-state index in [0.29, 0.717) is 23.9 Å². The van der Waals surface area contributed by atoms with Crippen molar-refractivity contribution in [3.8, 4) is 5.69 Å². The third-order valence-corrected chi connectivity index (χ3v) is 4.24. The van der Waals surface area contributed by atoms with Crippen LogP contribution >= 0.6 is 11.6 Å². The Bertz CT molecular complexity index is 685. The van der Waals surface area contributed by atoms with Gasteiger partial charge in [-0.1, -0.05) is 17.7 Å². The molecule has 1 aromatic heterocycles. The topological polar surface area (TPSA) is 75.9 Å². The van der Waals surface area contributed by atoms with Gasteiger partial charge in [-0.3, -0.25) is 4.79 Å². The Kier molecular flexibility index (Phi) is 3.84. The van der Waals surface area contributed by atoms with Crippen LogP contribution < -0.4 is 5.32 Å². The Morgan fingerprint density at radius 3 is 3.00 bits per heavy atom. The number of hydrogen-bond donors (Lipinski definition) is 1. The summed E-state index contributed by atoms with van der Waals surface area (Å²) >= 11 is 5.99. The second-order valence-electron chi connectivity index (χ2n) is 5.76. The standard InChI is InChI=1S/C14H17ClN6O/c1-14(2)12(16-6-7-20(14)9-22)13-17-19-21(18-13)11-5-3-4-10(15)8-11/h3-5,8-9,12,16H,6-7H2,1-2H3. The molecule has 0 spiro atoms. The van der Waals surface area contributed by atoms with Gasteiger partial charge in [0.05, 0.1) is 17.3 Å². The number of halogens is 1. The van der Waals surface area contributed by atoms with Crippen molar-refractivity contribution in [3.63, 3.8) is 0 Å². The van der Waals surface area contributed by atoms with E-state index in [1.54, 1.807) is 17.0 Å². The molecule has 1 amide bonds. The van der Waals surface area contributed by atoms with Crippen LogP contribution in [0.15, 0.2) is 24.3 Å². The molecule has 1 aromatic carbocycles. The first-order valence-corrected chi connectivity index (χ1v) is 7.41. The summed E-state index contributed by atoms with van der Waals surface area (Å²) in [5.41, 5.74) is 0.314. The summed E-state index contributed by atoms with van der Waals surface area (Å²) in [6, 6.07) is 7.06. The number of aromatic nitrogens is 4. The van der Waals surface area contributed by atoms with Gasteiger partial charge >= 0.3 is 0 Å². The normalized spacial score (nSPS) is 20.9. The second kappa shape index (κ2) is 5.66. The maximum Gasteiger partial charge on any atom is 0.210 e. The van der Waals surface area contributed by atoms with Gasteiger partial charge in [-0.25, -0.2) is 0 Å². The van der Waals surface area contributed by atoms with Gasteiger partial charge < -0.3 is 10.2 Å². The molecule has 0 radical (unpaired) electrons. The number of carbonyl (C=O) groups is 1. The number of benzene rings is 1. The van der Waals surface area contributed by atoms with Crippen molar-refractivity contribution in [2.24, 2.45) is 0 Å². The average molecular weight is 321 g/mol. The van der Waals surface area contributed by atoms with Gasteiger partial charge in [-0.05, 0) is 37.3 Å². The maximum absolute atomic E-state index is 11.2. The van der Waals surface area contributed by atoms with Crippen LogP contribution in [0.1, 0.15) is 25.7 Å². The summed E-state index contributed by atoms with van der Waals surface area (Å²) in [6.07, 6.45) is 0.870. The van der Waals surface area contributed by atoms with Gasteiger partial charge in [0.2, 0.25) is 6.41 Å². The molecule has 1 N–H and O–H groups in total. The fraction of sp³-hybridized carbons (Fsp3) is 0.429. The summed E-state index contributed by atoms with van der Waals surface area (Å²) in [4.78, 5) is 14.4. The average Bonchev–Trinajstić information content (AvgIpc) is 2.96. The van der Waals surface area contributed by atoms with E-state index in [-0.39, 0.29) is 6.04 Å². The van der Waals surface area contributed by atoms with Gasteiger partial charge in [0, 0.05) is 18.1 Å². The highest BCUT2D eigenvalue weighted by Gasteiger charge is 2.41. The van der Waals surface area contributed by atoms with Gasteiger partial charge in [0.15, 0.2) is 5.82 Å². The quantitative estimate of drug-likeness (QED) is 0.860. The van der Waals surface area contributed by atoms with Crippen LogP contribution in [0.2, 0.25) is 5.02 Å². The number of nitrogens with one attached hydrogen (secondary N) is 1. The molecule has 0 bridgehead atoms. The predicted molar refractivity (Wildman–Crippen MR) is 81.8 cm³/mol. The van der Waals surface area contributed by atoms with Crippen molar-refractivity contribution in [2.75, 3.05) is 13.1 Å². The number of carbonyl (C=O) groups excluding carboxylic acids is 1. The first-order valence-electron chi connectivity index (χ1n) is 7.03. The molecule has 1 aliphatic heterocycles. The van der Waals surface area contributed by atoms with E-state index in [1.807, 2.05) is 26.0 Å². The molecule has 2 heterocycles. The number of tetrazole rings is 1. The zero-order valence-electron chi connectivity index (χ0n) is 12.4. The minimum atomic E-state index is -0.428. The third-order valence-electron chi connectivity index (χ3n) is 4.00. The molecule has 1 atom stereocenters. The zero-order valence-corrected chi connectivity index (χ0v) is 13.2. The van der Waals surface area contributed by atoms with Gasteiger partial charge in [0.1, 0.15) is 0 Å². The number of amides is 1. The lowest BCUT2D eigenvalue weighted by molar-refractivity contribution is -0.125. The lowest BCUT2D eigenvalue weighted by atomic mass is 9.90. The van der Waals surface area contributed by atoms with E-state index in [2.05, 4.69) is 20.7 Å². The zero-order chi connectivity index (χ0) is 15.7. The van der Waals surface area contributed by atoms with E-state index < -0.39 is 5.54 Å². The summed E-state index contributed by atoms with van der Waals surface area (Å²) in [5.74, 6) is 0.552. The molecule has 2 aromatic rings. The summed E-state index contributed by atoms with van der Waals surface area (Å²) in [7, 11) is 0. The van der Waals surface area contributed by atoms with Crippen LogP contribution in [-0.2, 0) is 4.79 Å². The minimum absolute atomic E-state index is 0.181.